The van der Waals surface area contributed by atoms with E-state index < -0.39 is 11.7 Å². The highest BCUT2D eigenvalue weighted by Crippen LogP contribution is 2.12. The molecule has 0 spiro atoms. The summed E-state index contributed by atoms with van der Waals surface area (Å²) < 4.78 is 5.37. The van der Waals surface area contributed by atoms with E-state index in [4.69, 9.17) is 4.74 Å². The van der Waals surface area contributed by atoms with Crippen molar-refractivity contribution in [3.8, 4) is 0 Å². The Morgan fingerprint density at radius 1 is 1.25 bits per heavy atom. The summed E-state index contributed by atoms with van der Waals surface area (Å²) in [4.78, 5) is 24.0. The van der Waals surface area contributed by atoms with Crippen LogP contribution >= 0.6 is 0 Å². The minimum Gasteiger partial charge on any atom is -0.444 e. The molecular formula is C16H21NO3. The molecule has 0 aliphatic heterocycles. The highest BCUT2D eigenvalue weighted by atomic mass is 16.6. The fourth-order valence-corrected chi connectivity index (χ4v) is 1.58. The molecule has 0 aliphatic carbocycles. The Balaban J connectivity index is 2.76. The molecule has 1 aromatic rings. The third-order valence-electron chi connectivity index (χ3n) is 2.41. The summed E-state index contributed by atoms with van der Waals surface area (Å²) in [6.45, 7) is 6.26. The third-order valence-corrected chi connectivity index (χ3v) is 2.41. The van der Waals surface area contributed by atoms with Crippen LogP contribution in [0.5, 0.6) is 0 Å². The van der Waals surface area contributed by atoms with Crippen molar-refractivity contribution in [2.75, 3.05) is 6.54 Å². The van der Waals surface area contributed by atoms with Gasteiger partial charge in [0.05, 0.1) is 0 Å². The quantitative estimate of drug-likeness (QED) is 0.612. The number of amides is 1. The number of benzene rings is 1. The molecule has 0 bridgehead atoms. The van der Waals surface area contributed by atoms with Gasteiger partial charge in [0.15, 0.2) is 0 Å². The fraction of sp³-hybridized carbons (Fsp3) is 0.375. The summed E-state index contributed by atoms with van der Waals surface area (Å²) in [5, 5.41) is 0. The van der Waals surface area contributed by atoms with Gasteiger partial charge >= 0.3 is 6.09 Å². The summed E-state index contributed by atoms with van der Waals surface area (Å²) in [5.74, 6) is 0. The standard InChI is InChI=1S/C16H21NO3/c1-16(2,3)20-15(19)17(11-7-8-12-18)13-14-9-5-4-6-10-14/h4-10,12H,11,13H2,1-3H3/b8-7+. The van der Waals surface area contributed by atoms with E-state index in [-0.39, 0.29) is 0 Å². The number of hydrogen-bond acceptors (Lipinski definition) is 3. The lowest BCUT2D eigenvalue weighted by atomic mass is 10.2. The fourth-order valence-electron chi connectivity index (χ4n) is 1.58. The molecule has 0 radical (unpaired) electrons. The van der Waals surface area contributed by atoms with Crippen LogP contribution in [-0.4, -0.2) is 29.4 Å². The Morgan fingerprint density at radius 3 is 2.45 bits per heavy atom. The van der Waals surface area contributed by atoms with Crippen molar-refractivity contribution in [3.05, 3.63) is 48.0 Å². The van der Waals surface area contributed by atoms with Gasteiger partial charge in [0, 0.05) is 13.1 Å². The second-order valence-corrected chi connectivity index (χ2v) is 5.41. The highest BCUT2D eigenvalue weighted by Gasteiger charge is 2.21. The summed E-state index contributed by atoms with van der Waals surface area (Å²) in [7, 11) is 0. The first-order valence-electron chi connectivity index (χ1n) is 6.54. The van der Waals surface area contributed by atoms with E-state index >= 15 is 0 Å². The molecule has 20 heavy (non-hydrogen) atoms. The molecule has 0 N–H and O–H groups in total. The summed E-state index contributed by atoms with van der Waals surface area (Å²) in [6.07, 6.45) is 3.31. The predicted octanol–water partition coefficient (Wildman–Crippen LogP) is 3.18. The Morgan fingerprint density at radius 2 is 1.90 bits per heavy atom. The van der Waals surface area contributed by atoms with E-state index in [1.165, 1.54) is 6.08 Å². The van der Waals surface area contributed by atoms with E-state index in [0.717, 1.165) is 5.56 Å². The molecule has 0 aromatic heterocycles. The zero-order chi connectivity index (χ0) is 15.0. The average Bonchev–Trinajstić information content (AvgIpc) is 2.37. The van der Waals surface area contributed by atoms with Crippen LogP contribution in [0.3, 0.4) is 0 Å². The molecule has 0 aliphatic rings. The lowest BCUT2D eigenvalue weighted by Gasteiger charge is -2.26. The van der Waals surface area contributed by atoms with Crippen LogP contribution in [0.1, 0.15) is 26.3 Å². The van der Waals surface area contributed by atoms with Gasteiger partial charge in [-0.15, -0.1) is 0 Å². The van der Waals surface area contributed by atoms with Crippen molar-refractivity contribution in [2.45, 2.75) is 32.9 Å². The molecule has 0 saturated heterocycles. The van der Waals surface area contributed by atoms with Crippen LogP contribution in [0, 0.1) is 0 Å². The minimum absolute atomic E-state index is 0.336. The maximum atomic E-state index is 12.1. The van der Waals surface area contributed by atoms with Crippen molar-refractivity contribution >= 4 is 12.4 Å². The van der Waals surface area contributed by atoms with Gasteiger partial charge in [-0.25, -0.2) is 4.79 Å². The second-order valence-electron chi connectivity index (χ2n) is 5.41. The maximum Gasteiger partial charge on any atom is 0.410 e. The molecule has 108 valence electrons. The Hall–Kier alpha value is -2.10. The third kappa shape index (κ3) is 6.18. The first-order valence-corrected chi connectivity index (χ1v) is 6.54. The first kappa shape index (κ1) is 16.0. The zero-order valence-corrected chi connectivity index (χ0v) is 12.2. The van der Waals surface area contributed by atoms with E-state index in [2.05, 4.69) is 0 Å². The molecule has 0 saturated carbocycles. The van der Waals surface area contributed by atoms with Crippen molar-refractivity contribution < 1.29 is 14.3 Å². The van der Waals surface area contributed by atoms with Crippen LogP contribution < -0.4 is 0 Å². The van der Waals surface area contributed by atoms with Gasteiger partial charge in [-0.1, -0.05) is 36.4 Å². The van der Waals surface area contributed by atoms with Crippen LogP contribution in [-0.2, 0) is 16.1 Å². The van der Waals surface area contributed by atoms with Crippen LogP contribution in [0.4, 0.5) is 4.79 Å². The number of carbonyl (C=O) groups is 2. The monoisotopic (exact) mass is 275 g/mol. The Bertz CT molecular complexity index is 460. The maximum absolute atomic E-state index is 12.1. The van der Waals surface area contributed by atoms with E-state index in [1.807, 2.05) is 51.1 Å². The molecule has 0 unspecified atom stereocenters. The van der Waals surface area contributed by atoms with Gasteiger partial charge in [0.2, 0.25) is 0 Å². The zero-order valence-electron chi connectivity index (χ0n) is 12.2. The van der Waals surface area contributed by atoms with Crippen molar-refractivity contribution in [1.29, 1.82) is 0 Å². The van der Waals surface area contributed by atoms with Gasteiger partial charge in [0.25, 0.3) is 0 Å². The van der Waals surface area contributed by atoms with Crippen molar-refractivity contribution in [3.63, 3.8) is 0 Å². The van der Waals surface area contributed by atoms with Gasteiger partial charge in [-0.2, -0.15) is 0 Å². The molecule has 4 nitrogen and oxygen atoms in total. The average molecular weight is 275 g/mol. The topological polar surface area (TPSA) is 46.6 Å². The lowest BCUT2D eigenvalue weighted by Crippen LogP contribution is -2.36. The Labute approximate surface area is 120 Å². The van der Waals surface area contributed by atoms with Gasteiger partial charge < -0.3 is 9.64 Å². The smallest absolute Gasteiger partial charge is 0.410 e. The molecule has 1 rings (SSSR count). The number of hydrogen-bond donors (Lipinski definition) is 0. The van der Waals surface area contributed by atoms with Gasteiger partial charge in [0.1, 0.15) is 11.9 Å². The van der Waals surface area contributed by atoms with Crippen LogP contribution in [0.2, 0.25) is 0 Å². The molecule has 0 heterocycles. The Kier molecular flexibility index (Phi) is 5.97. The predicted molar refractivity (Wildman–Crippen MR) is 78.3 cm³/mol. The number of allylic oxidation sites excluding steroid dienone is 1. The van der Waals surface area contributed by atoms with Crippen molar-refractivity contribution in [1.82, 2.24) is 4.90 Å². The molecule has 1 amide bonds. The normalized spacial score (nSPS) is 11.3. The first-order chi connectivity index (χ1) is 9.42. The summed E-state index contributed by atoms with van der Waals surface area (Å²) in [6, 6.07) is 9.66. The number of rotatable bonds is 5. The van der Waals surface area contributed by atoms with Crippen LogP contribution in [0.25, 0.3) is 0 Å². The number of carbonyl (C=O) groups excluding carboxylic acids is 2. The van der Waals surface area contributed by atoms with Crippen LogP contribution in [0.15, 0.2) is 42.5 Å². The molecule has 4 heteroatoms. The number of aldehydes is 1. The summed E-state index contributed by atoms with van der Waals surface area (Å²) in [5.41, 5.74) is 0.471. The second kappa shape index (κ2) is 7.48. The largest absolute Gasteiger partial charge is 0.444 e. The minimum atomic E-state index is -0.541. The van der Waals surface area contributed by atoms with Gasteiger partial charge in [-0.3, -0.25) is 4.79 Å². The lowest BCUT2D eigenvalue weighted by molar-refractivity contribution is -0.104. The SMILES string of the molecule is CC(C)(C)OC(=O)N(C/C=C/C=O)Cc1ccccc1. The van der Waals surface area contributed by atoms with E-state index in [0.29, 0.717) is 19.4 Å². The number of nitrogens with zero attached hydrogens (tertiary/aromatic N) is 1. The molecule has 0 atom stereocenters. The van der Waals surface area contributed by atoms with E-state index in [9.17, 15) is 9.59 Å². The highest BCUT2D eigenvalue weighted by molar-refractivity contribution is 5.69. The van der Waals surface area contributed by atoms with Gasteiger partial charge in [-0.05, 0) is 32.4 Å². The van der Waals surface area contributed by atoms with Crippen molar-refractivity contribution in [2.24, 2.45) is 0 Å². The molecule has 1 aromatic carbocycles. The van der Waals surface area contributed by atoms with E-state index in [1.54, 1.807) is 11.0 Å². The molecular weight excluding hydrogens is 254 g/mol. The summed E-state index contributed by atoms with van der Waals surface area (Å²) >= 11 is 0. The molecule has 0 fully saturated rings. The number of ether oxygens (including phenoxy) is 1.